The molecule has 145 heavy (non-hydrogen) atoms. The third-order valence-corrected chi connectivity index (χ3v) is 25.3. The molecular formula is C94H158N14O35PS+. The van der Waals surface area contributed by atoms with E-state index in [4.69, 9.17) is 47.2 Å². The molecule has 0 radical (unpaired) electrons. The molecule has 824 valence electrons. The third-order valence-electron chi connectivity index (χ3n) is 23.7. The number of thioether (sulfide) groups is 1. The monoisotopic (exact) mass is 2110 g/mol. The topological polar surface area (TPSA) is 716 Å². The molecule has 51 heteroatoms. The van der Waals surface area contributed by atoms with Gasteiger partial charge in [0.25, 0.3) is 11.8 Å². The Kier molecular flexibility index (Phi) is 64.3. The molecule has 0 aliphatic carbocycles. The molecule has 14 amide bonds. The molecule has 0 spiro atoms. The molecule has 4 aliphatic rings. The normalized spacial score (nSPS) is 22.5. The molecule has 4 saturated heterocycles. The molecule has 20 unspecified atom stereocenters. The van der Waals surface area contributed by atoms with Gasteiger partial charge in [-0.1, -0.05) is 19.3 Å². The van der Waals surface area contributed by atoms with E-state index in [1.165, 1.54) is 57.7 Å². The zero-order valence-electron chi connectivity index (χ0n) is 83.6. The van der Waals surface area contributed by atoms with Gasteiger partial charge in [-0.05, 0) is 144 Å². The fourth-order valence-electron chi connectivity index (χ4n) is 16.1. The fourth-order valence-corrected chi connectivity index (χ4v) is 17.5. The zero-order valence-corrected chi connectivity index (χ0v) is 85.4. The standard InChI is InChI=1S/C94H157N14O35PS/c1-58(113)103-82-71(117)49-65(54-109)140-91(82)135-39-19-11-27-76(121)95-31-16-9-24-69(107-79(124)29-13-21-41-137-93-84(105-60(3)115)73(119)51-67(56-111)142-93)88(130)101-36-34-99-86(128)62-46-63(48-64(47-62)134-44-38-97-78(123)26-8-7-15-33-98-90(132)75(53-81(126)127)145-45-23-6-5-18-43-139-144-133)87(129)100-35-37-102-89(131)70(108-80(125)30-14-22-42-138-94-85(106-61(4)116)74(120)52-68(57-112)143-94)25-10-17-32-96-77(122)28-12-20-40-136-92-83(104-59(2)114)72(118)50-66(55-110)141-92/h46-48,65-75,82-85,91-94,109-112,117-120,144H,5-45,49-57H2,1-4H3,(H14-,95,96,97,98,99,100,101,102,103,104,105,106,107,108,113,114,115,116,121,122,123,124,125,126,127,128,129,130,131,132)/p+1. The number of aliphatic carboxylic acids is 1. The lowest BCUT2D eigenvalue weighted by Crippen LogP contribution is -2.58. The second-order valence-corrected chi connectivity index (χ2v) is 37.8. The first-order valence-electron chi connectivity index (χ1n) is 50.4. The maximum Gasteiger partial charge on any atom is 0.494 e. The van der Waals surface area contributed by atoms with Gasteiger partial charge < -0.3 is 163 Å². The van der Waals surface area contributed by atoms with Crippen molar-refractivity contribution in [1.82, 2.24) is 74.4 Å². The number of carboxylic acid groups (broad SMARTS) is 1. The number of hydrogen-bond donors (Lipinski definition) is 23. The van der Waals surface area contributed by atoms with E-state index in [9.17, 15) is 122 Å². The number of aliphatic hydroxyl groups is 8. The van der Waals surface area contributed by atoms with Gasteiger partial charge in [0.2, 0.25) is 70.9 Å². The van der Waals surface area contributed by atoms with Crippen LogP contribution in [0.2, 0.25) is 0 Å². The molecule has 1 aromatic carbocycles. The molecule has 4 fully saturated rings. The van der Waals surface area contributed by atoms with Gasteiger partial charge in [-0.2, -0.15) is 0 Å². The summed E-state index contributed by atoms with van der Waals surface area (Å²) in [6.07, 6.45) is -2.47. The molecule has 4 heterocycles. The summed E-state index contributed by atoms with van der Waals surface area (Å²) in [4.78, 5) is 195. The summed E-state index contributed by atoms with van der Waals surface area (Å²) in [5.41, 5.74) is -0.199. The Bertz CT molecular complexity index is 3890. The van der Waals surface area contributed by atoms with Crippen LogP contribution in [0.25, 0.3) is 0 Å². The minimum atomic E-state index is -1.12. The van der Waals surface area contributed by atoms with Gasteiger partial charge in [-0.3, -0.25) is 71.9 Å². The predicted molar refractivity (Wildman–Crippen MR) is 522 cm³/mol. The van der Waals surface area contributed by atoms with Crippen molar-refractivity contribution in [1.29, 1.82) is 0 Å². The Hall–Kier alpha value is -9.16. The number of aliphatic hydroxyl groups excluding tert-OH is 8. The van der Waals surface area contributed by atoms with Crippen molar-refractivity contribution in [3.8, 4) is 5.75 Å². The average Bonchev–Trinajstić information content (AvgIpc) is 0.833. The van der Waals surface area contributed by atoms with Gasteiger partial charge in [0.15, 0.2) is 25.2 Å². The van der Waals surface area contributed by atoms with Crippen molar-refractivity contribution in [2.45, 2.75) is 342 Å². The van der Waals surface area contributed by atoms with Crippen LogP contribution in [0.5, 0.6) is 5.75 Å². The van der Waals surface area contributed by atoms with Crippen LogP contribution in [0.4, 0.5) is 0 Å². The second kappa shape index (κ2) is 73.9. The van der Waals surface area contributed by atoms with Crippen molar-refractivity contribution >= 4 is 109 Å². The molecule has 5 rings (SSSR count). The van der Waals surface area contributed by atoms with Gasteiger partial charge in [-0.25, -0.2) is 0 Å². The Morgan fingerprint density at radius 2 is 0.683 bits per heavy atom. The highest BCUT2D eigenvalue weighted by molar-refractivity contribution is 8.00. The van der Waals surface area contributed by atoms with Crippen molar-refractivity contribution in [3.63, 3.8) is 0 Å². The number of hydrogen-bond acceptors (Lipinski definition) is 35. The number of ether oxygens (including phenoxy) is 9. The van der Waals surface area contributed by atoms with Crippen LogP contribution >= 0.6 is 20.4 Å². The van der Waals surface area contributed by atoms with E-state index >= 15 is 0 Å². The first-order chi connectivity index (χ1) is 69.6. The minimum Gasteiger partial charge on any atom is -0.492 e. The van der Waals surface area contributed by atoms with Gasteiger partial charge in [0, 0.05) is 169 Å². The van der Waals surface area contributed by atoms with Crippen LogP contribution < -0.4 is 79.2 Å². The molecule has 4 aliphatic heterocycles. The number of carboxylic acids is 1. The highest BCUT2D eigenvalue weighted by atomic mass is 32.2. The average molecular weight is 2110 g/mol. The lowest BCUT2D eigenvalue weighted by molar-refractivity contribution is -0.237. The lowest BCUT2D eigenvalue weighted by atomic mass is 10.00. The number of carbonyl (C=O) groups is 15. The molecule has 20 atom stereocenters. The summed E-state index contributed by atoms with van der Waals surface area (Å²) in [5.74, 6) is -7.30. The molecule has 0 bridgehead atoms. The van der Waals surface area contributed by atoms with E-state index in [1.54, 1.807) is 0 Å². The minimum absolute atomic E-state index is 0.00424. The van der Waals surface area contributed by atoms with Crippen LogP contribution in [-0.4, -0.2) is 374 Å². The second-order valence-electron chi connectivity index (χ2n) is 36.0. The lowest BCUT2D eigenvalue weighted by Gasteiger charge is -2.39. The zero-order chi connectivity index (χ0) is 106. The van der Waals surface area contributed by atoms with Crippen LogP contribution in [0, 0.1) is 0 Å². The van der Waals surface area contributed by atoms with Gasteiger partial charge in [0.1, 0.15) is 55.2 Å². The Labute approximate surface area is 850 Å². The SMILES string of the molecule is CC(=O)NC1C(O)CC(CO)OC1OCCCCC(=O)NCCCCC(NC(=O)CCCCOC1OC(CO)CC(O)C1NC(C)=O)C(=O)NCCNC(=O)c1cc(OCCNC(=O)CCCCCNC(=O)C(CC(=O)O)SCCCCCCO[PH+]=O)cc(C(=O)NCCNC(=O)C(CCCCNC(=O)CCCCOC2OC(CO)CC(O)C2NC(C)=O)NC(=O)CCCCOC2OC(CO)CC(O)C2NC(C)=O)c1. The number of carbonyl (C=O) groups excluding carboxylic acids is 14. The Balaban J connectivity index is 1.24. The summed E-state index contributed by atoms with van der Waals surface area (Å²) >= 11 is 1.26. The van der Waals surface area contributed by atoms with Gasteiger partial charge in [0.05, 0.1) is 93.5 Å². The number of unbranched alkanes of at least 4 members (excludes halogenated alkanes) is 11. The predicted octanol–water partition coefficient (Wildman–Crippen LogP) is -2.18. The number of amides is 14. The Morgan fingerprint density at radius 3 is 1.04 bits per heavy atom. The number of rotatable bonds is 76. The summed E-state index contributed by atoms with van der Waals surface area (Å²) in [7, 11) is -0.820. The first-order valence-corrected chi connectivity index (χ1v) is 52.2. The van der Waals surface area contributed by atoms with Crippen molar-refractivity contribution in [2.75, 3.05) is 124 Å². The van der Waals surface area contributed by atoms with E-state index in [0.29, 0.717) is 95.8 Å². The highest BCUT2D eigenvalue weighted by Gasteiger charge is 2.44. The van der Waals surface area contributed by atoms with Crippen molar-refractivity contribution in [2.24, 2.45) is 0 Å². The third kappa shape index (κ3) is 53.5. The van der Waals surface area contributed by atoms with E-state index in [-0.39, 0.29) is 223 Å². The van der Waals surface area contributed by atoms with Crippen molar-refractivity contribution < 1.29 is 170 Å². The van der Waals surface area contributed by atoms with E-state index < -0.39 is 208 Å². The van der Waals surface area contributed by atoms with Crippen molar-refractivity contribution in [3.05, 3.63) is 29.3 Å². The smallest absolute Gasteiger partial charge is 0.492 e. The van der Waals surface area contributed by atoms with Crippen LogP contribution in [0.15, 0.2) is 18.2 Å². The van der Waals surface area contributed by atoms with Crippen LogP contribution in [0.3, 0.4) is 0 Å². The number of benzene rings is 1. The van der Waals surface area contributed by atoms with E-state index in [0.717, 1.165) is 25.7 Å². The fraction of sp³-hybridized carbons (Fsp3) is 0.777. The maximum atomic E-state index is 14.2. The van der Waals surface area contributed by atoms with E-state index in [2.05, 4.69) is 74.4 Å². The number of nitrogens with one attached hydrogen (secondary N) is 14. The Morgan fingerprint density at radius 1 is 0.366 bits per heavy atom. The summed E-state index contributed by atoms with van der Waals surface area (Å²) in [6, 6.07) is -1.91. The summed E-state index contributed by atoms with van der Waals surface area (Å²) in [6.45, 7) is 3.85. The maximum absolute atomic E-state index is 14.2. The molecule has 0 aromatic heterocycles. The molecule has 0 saturated carbocycles. The molecule has 1 aromatic rings. The van der Waals surface area contributed by atoms with Crippen LogP contribution in [0.1, 0.15) is 247 Å². The van der Waals surface area contributed by atoms with Crippen LogP contribution in [-0.2, 0) is 109 Å². The quantitative estimate of drug-likeness (QED) is 0.0244. The first kappa shape index (κ1) is 126. The summed E-state index contributed by atoms with van der Waals surface area (Å²) < 4.78 is 67.8. The molecule has 49 nitrogen and oxygen atoms in total. The molecule has 23 N–H and O–H groups in total. The highest BCUT2D eigenvalue weighted by Crippen LogP contribution is 2.28. The largest absolute Gasteiger partial charge is 0.494 e. The molecular weight excluding hydrogens is 1950 g/mol. The van der Waals surface area contributed by atoms with E-state index in [1.807, 2.05) is 0 Å². The van der Waals surface area contributed by atoms with Gasteiger partial charge in [-0.15, -0.1) is 16.3 Å². The van der Waals surface area contributed by atoms with Gasteiger partial charge >= 0.3 is 14.7 Å². The summed E-state index contributed by atoms with van der Waals surface area (Å²) in [5, 5.41) is 128.